The lowest BCUT2D eigenvalue weighted by Gasteiger charge is -2.17. The van der Waals surface area contributed by atoms with Gasteiger partial charge in [0.25, 0.3) is 0 Å². The van der Waals surface area contributed by atoms with Crippen molar-refractivity contribution in [2.45, 2.75) is 6.18 Å². The normalized spacial score (nSPS) is 11.5. The van der Waals surface area contributed by atoms with Crippen LogP contribution >= 0.6 is 23.8 Å². The largest absolute Gasteiger partial charge is 0.434 e. The summed E-state index contributed by atoms with van der Waals surface area (Å²) < 4.78 is 45.4. The third-order valence-electron chi connectivity index (χ3n) is 3.97. The first kappa shape index (κ1) is 20.0. The predicted octanol–water partition coefficient (Wildman–Crippen LogP) is 5.77. The zero-order valence-electron chi connectivity index (χ0n) is 14.9. The number of thiocarbonyl (C=S) groups is 1. The summed E-state index contributed by atoms with van der Waals surface area (Å²) in [5, 5.41) is 5.00. The molecule has 6 nitrogen and oxygen atoms in total. The van der Waals surface area contributed by atoms with E-state index in [2.05, 4.69) is 25.6 Å². The predicted molar refractivity (Wildman–Crippen MR) is 111 cm³/mol. The number of anilines is 2. The van der Waals surface area contributed by atoms with Gasteiger partial charge in [-0.05, 0) is 48.6 Å². The average Bonchev–Trinajstić information content (AvgIpc) is 3.13. The molecule has 0 fully saturated rings. The van der Waals surface area contributed by atoms with Gasteiger partial charge in [-0.25, -0.2) is 9.97 Å². The molecule has 3 heterocycles. The van der Waals surface area contributed by atoms with Crippen LogP contribution in [0.25, 0.3) is 22.7 Å². The van der Waals surface area contributed by atoms with Crippen LogP contribution in [0.5, 0.6) is 0 Å². The van der Waals surface area contributed by atoms with Crippen molar-refractivity contribution < 1.29 is 17.6 Å². The number of hydrogen-bond donors (Lipinski definition) is 2. The second-order valence-electron chi connectivity index (χ2n) is 6.01. The van der Waals surface area contributed by atoms with E-state index in [0.717, 1.165) is 6.07 Å². The Morgan fingerprint density at radius 1 is 1.03 bits per heavy atom. The van der Waals surface area contributed by atoms with Crippen LogP contribution in [0.4, 0.5) is 24.7 Å². The Bertz CT molecular complexity index is 1210. The monoisotopic (exact) mass is 449 g/mol. The summed E-state index contributed by atoms with van der Waals surface area (Å²) in [4.78, 5) is 12.5. The van der Waals surface area contributed by atoms with Gasteiger partial charge in [0.05, 0.1) is 16.3 Å². The molecule has 0 unspecified atom stereocenters. The van der Waals surface area contributed by atoms with E-state index in [-0.39, 0.29) is 21.6 Å². The van der Waals surface area contributed by atoms with Gasteiger partial charge < -0.3 is 15.1 Å². The maximum Gasteiger partial charge on any atom is 0.418 e. The number of hydrogen-bond acceptors (Lipinski definition) is 5. The summed E-state index contributed by atoms with van der Waals surface area (Å²) in [7, 11) is 0. The van der Waals surface area contributed by atoms with Gasteiger partial charge >= 0.3 is 6.18 Å². The van der Waals surface area contributed by atoms with Gasteiger partial charge in [0.2, 0.25) is 5.89 Å². The summed E-state index contributed by atoms with van der Waals surface area (Å²) in [5.41, 5.74) is 0.288. The second kappa shape index (κ2) is 7.88. The van der Waals surface area contributed by atoms with Crippen molar-refractivity contribution in [3.8, 4) is 11.5 Å². The van der Waals surface area contributed by atoms with Crippen LogP contribution in [-0.2, 0) is 6.18 Å². The zero-order valence-corrected chi connectivity index (χ0v) is 16.4. The zero-order chi connectivity index (χ0) is 21.3. The lowest BCUT2D eigenvalue weighted by molar-refractivity contribution is -0.136. The molecule has 152 valence electrons. The summed E-state index contributed by atoms with van der Waals surface area (Å²) in [6.45, 7) is 0. The molecule has 3 aromatic heterocycles. The molecule has 0 atom stereocenters. The Morgan fingerprint density at radius 2 is 1.87 bits per heavy atom. The maximum absolute atomic E-state index is 13.2. The van der Waals surface area contributed by atoms with E-state index >= 15 is 0 Å². The van der Waals surface area contributed by atoms with Crippen LogP contribution in [0, 0.1) is 0 Å². The summed E-state index contributed by atoms with van der Waals surface area (Å²) in [5.74, 6) is 0.597. The van der Waals surface area contributed by atoms with Gasteiger partial charge in [0.1, 0.15) is 5.82 Å². The first-order valence-electron chi connectivity index (χ1n) is 8.43. The number of nitrogens with one attached hydrogen (secondary N) is 2. The molecule has 0 bridgehead atoms. The van der Waals surface area contributed by atoms with Crippen molar-refractivity contribution in [3.63, 3.8) is 0 Å². The van der Waals surface area contributed by atoms with E-state index in [0.29, 0.717) is 22.7 Å². The average molecular weight is 450 g/mol. The van der Waals surface area contributed by atoms with Crippen LogP contribution in [0.2, 0.25) is 5.02 Å². The second-order valence-corrected chi connectivity index (χ2v) is 6.83. The molecule has 4 rings (SSSR count). The van der Waals surface area contributed by atoms with Gasteiger partial charge in [0.15, 0.2) is 16.3 Å². The first-order chi connectivity index (χ1) is 14.3. The highest BCUT2D eigenvalue weighted by Crippen LogP contribution is 2.38. The Labute approximate surface area is 178 Å². The van der Waals surface area contributed by atoms with Crippen molar-refractivity contribution in [2.24, 2.45) is 0 Å². The molecule has 2 N–H and O–H groups in total. The molecule has 0 radical (unpaired) electrons. The van der Waals surface area contributed by atoms with Crippen LogP contribution in [0.15, 0.2) is 59.3 Å². The van der Waals surface area contributed by atoms with E-state index in [9.17, 15) is 13.2 Å². The topological polar surface area (TPSA) is 75.9 Å². The van der Waals surface area contributed by atoms with Gasteiger partial charge in [-0.3, -0.25) is 0 Å². The highest BCUT2D eigenvalue weighted by atomic mass is 35.5. The Hall–Kier alpha value is -3.24. The van der Waals surface area contributed by atoms with E-state index in [1.165, 1.54) is 18.3 Å². The molecule has 0 aliphatic rings. The third kappa shape index (κ3) is 4.19. The molecule has 0 aliphatic carbocycles. The van der Waals surface area contributed by atoms with Gasteiger partial charge in [0, 0.05) is 18.0 Å². The van der Waals surface area contributed by atoms with E-state index in [1.54, 1.807) is 30.5 Å². The summed E-state index contributed by atoms with van der Waals surface area (Å²) in [6.07, 6.45) is -1.51. The molecule has 11 heteroatoms. The van der Waals surface area contributed by atoms with Crippen LogP contribution in [0.1, 0.15) is 5.56 Å². The SMILES string of the molecule is FC(F)(F)c1cccc(Cl)c1NC(=S)Nc1cc(-c2nc3ncccc3o2)ccn1. The molecule has 0 aliphatic heterocycles. The van der Waals surface area contributed by atoms with Crippen molar-refractivity contribution in [1.29, 1.82) is 0 Å². The van der Waals surface area contributed by atoms with Crippen LogP contribution in [-0.4, -0.2) is 20.1 Å². The number of aromatic nitrogens is 3. The molecule has 0 saturated carbocycles. The molecule has 30 heavy (non-hydrogen) atoms. The number of benzene rings is 1. The molecule has 0 amide bonds. The lowest BCUT2D eigenvalue weighted by atomic mass is 10.1. The fourth-order valence-corrected chi connectivity index (χ4v) is 3.10. The number of para-hydroxylation sites is 1. The minimum absolute atomic E-state index is 0.113. The van der Waals surface area contributed by atoms with Crippen molar-refractivity contribution in [2.75, 3.05) is 10.6 Å². The van der Waals surface area contributed by atoms with E-state index < -0.39 is 11.7 Å². The smallest absolute Gasteiger partial charge is 0.418 e. The minimum atomic E-state index is -4.60. The summed E-state index contributed by atoms with van der Waals surface area (Å²) in [6, 6.07) is 10.2. The maximum atomic E-state index is 13.2. The Morgan fingerprint density at radius 3 is 2.63 bits per heavy atom. The number of alkyl halides is 3. The Kier molecular flexibility index (Phi) is 5.27. The quantitative estimate of drug-likeness (QED) is 0.385. The van der Waals surface area contributed by atoms with Gasteiger partial charge in [-0.2, -0.15) is 18.2 Å². The van der Waals surface area contributed by atoms with Crippen LogP contribution in [0.3, 0.4) is 0 Å². The molecule has 1 aromatic carbocycles. The third-order valence-corrected chi connectivity index (χ3v) is 4.49. The number of halogens is 4. The highest BCUT2D eigenvalue weighted by molar-refractivity contribution is 7.80. The highest BCUT2D eigenvalue weighted by Gasteiger charge is 2.34. The fourth-order valence-electron chi connectivity index (χ4n) is 2.67. The number of fused-ring (bicyclic) bond motifs is 1. The first-order valence-corrected chi connectivity index (χ1v) is 9.21. The number of rotatable bonds is 3. The fraction of sp³-hybridized carbons (Fsp3) is 0.0526. The minimum Gasteiger partial charge on any atom is -0.434 e. The molecular formula is C19H11ClF3N5OS. The molecular weight excluding hydrogens is 439 g/mol. The van der Waals surface area contributed by atoms with Crippen molar-refractivity contribution in [3.05, 3.63) is 65.4 Å². The molecule has 0 spiro atoms. The number of pyridine rings is 2. The summed E-state index contributed by atoms with van der Waals surface area (Å²) >= 11 is 11.1. The molecule has 4 aromatic rings. The van der Waals surface area contributed by atoms with Gasteiger partial charge in [-0.15, -0.1) is 0 Å². The van der Waals surface area contributed by atoms with Gasteiger partial charge in [-0.1, -0.05) is 17.7 Å². The number of nitrogens with zero attached hydrogens (tertiary/aromatic N) is 3. The van der Waals surface area contributed by atoms with Crippen LogP contribution < -0.4 is 10.6 Å². The lowest BCUT2D eigenvalue weighted by Crippen LogP contribution is -2.22. The van der Waals surface area contributed by atoms with Crippen molar-refractivity contribution in [1.82, 2.24) is 15.0 Å². The van der Waals surface area contributed by atoms with E-state index in [4.69, 9.17) is 28.2 Å². The standard InChI is InChI=1S/C19H11ClF3N5OS/c20-12-4-1-3-11(19(21,22)23)15(12)27-18(30)26-14-9-10(6-8-24-14)17-28-16-13(29-17)5-2-7-25-16/h1-9H,(H2,24,26,27,30). The van der Waals surface area contributed by atoms with Crippen molar-refractivity contribution >= 4 is 51.7 Å². The number of oxazole rings is 1. The van der Waals surface area contributed by atoms with E-state index in [1.807, 2.05) is 0 Å². The Balaban J connectivity index is 1.56. The molecule has 0 saturated heterocycles.